The fourth-order valence-corrected chi connectivity index (χ4v) is 1.83. The van der Waals surface area contributed by atoms with E-state index in [1.54, 1.807) is 11.8 Å². The van der Waals surface area contributed by atoms with Crippen molar-refractivity contribution in [3.05, 3.63) is 12.2 Å². The fourth-order valence-electron chi connectivity index (χ4n) is 1.83. The SMILES string of the molecule is C=C(C)C(=O)N1CCCCC1CC#N. The van der Waals surface area contributed by atoms with Gasteiger partial charge in [0.15, 0.2) is 0 Å². The Bertz CT molecular complexity index is 278. The maximum absolute atomic E-state index is 11.7. The van der Waals surface area contributed by atoms with E-state index < -0.39 is 0 Å². The van der Waals surface area contributed by atoms with Crippen LogP contribution in [0.5, 0.6) is 0 Å². The molecule has 76 valence electrons. The second kappa shape index (κ2) is 4.80. The molecule has 1 amide bonds. The Labute approximate surface area is 85.0 Å². The summed E-state index contributed by atoms with van der Waals surface area (Å²) in [4.78, 5) is 13.5. The van der Waals surface area contributed by atoms with Crippen LogP contribution in [0.4, 0.5) is 0 Å². The molecule has 0 spiro atoms. The Morgan fingerprint density at radius 3 is 2.93 bits per heavy atom. The topological polar surface area (TPSA) is 44.1 Å². The fraction of sp³-hybridized carbons (Fsp3) is 0.636. The van der Waals surface area contributed by atoms with Gasteiger partial charge in [0.05, 0.1) is 12.5 Å². The average Bonchev–Trinajstić information content (AvgIpc) is 2.18. The molecule has 0 N–H and O–H groups in total. The van der Waals surface area contributed by atoms with Gasteiger partial charge >= 0.3 is 0 Å². The Kier molecular flexibility index (Phi) is 3.70. The van der Waals surface area contributed by atoms with Crippen molar-refractivity contribution in [1.29, 1.82) is 5.26 Å². The van der Waals surface area contributed by atoms with Gasteiger partial charge in [0.1, 0.15) is 0 Å². The molecule has 1 unspecified atom stereocenters. The zero-order valence-electron chi connectivity index (χ0n) is 8.62. The Morgan fingerprint density at radius 1 is 1.64 bits per heavy atom. The molecule has 1 fully saturated rings. The van der Waals surface area contributed by atoms with E-state index in [4.69, 9.17) is 5.26 Å². The van der Waals surface area contributed by atoms with E-state index in [0.717, 1.165) is 25.8 Å². The molecule has 1 heterocycles. The van der Waals surface area contributed by atoms with Gasteiger partial charge in [-0.1, -0.05) is 6.58 Å². The normalized spacial score (nSPS) is 21.4. The van der Waals surface area contributed by atoms with E-state index >= 15 is 0 Å². The summed E-state index contributed by atoms with van der Waals surface area (Å²) < 4.78 is 0. The van der Waals surface area contributed by atoms with Gasteiger partial charge in [0, 0.05) is 18.2 Å². The quantitative estimate of drug-likeness (QED) is 0.627. The summed E-state index contributed by atoms with van der Waals surface area (Å²) in [7, 11) is 0. The van der Waals surface area contributed by atoms with Crippen molar-refractivity contribution in [3.8, 4) is 6.07 Å². The average molecular weight is 192 g/mol. The molecule has 0 bridgehead atoms. The van der Waals surface area contributed by atoms with Crippen LogP contribution in [0.2, 0.25) is 0 Å². The maximum atomic E-state index is 11.7. The number of nitrogens with zero attached hydrogens (tertiary/aromatic N) is 2. The predicted octanol–water partition coefficient (Wildman–Crippen LogP) is 1.86. The lowest BCUT2D eigenvalue weighted by Gasteiger charge is -2.34. The number of amides is 1. The van der Waals surface area contributed by atoms with Crippen molar-refractivity contribution in [2.45, 2.75) is 38.6 Å². The monoisotopic (exact) mass is 192 g/mol. The first kappa shape index (κ1) is 10.8. The zero-order chi connectivity index (χ0) is 10.6. The highest BCUT2D eigenvalue weighted by Gasteiger charge is 2.26. The predicted molar refractivity (Wildman–Crippen MR) is 54.4 cm³/mol. The summed E-state index contributed by atoms with van der Waals surface area (Å²) in [6.45, 7) is 6.15. The van der Waals surface area contributed by atoms with Crippen LogP contribution < -0.4 is 0 Å². The van der Waals surface area contributed by atoms with Gasteiger partial charge in [-0.2, -0.15) is 5.26 Å². The standard InChI is InChI=1S/C11H16N2O/c1-9(2)11(14)13-8-4-3-5-10(13)6-7-12/h10H,1,3-6,8H2,2H3. The van der Waals surface area contributed by atoms with Crippen molar-refractivity contribution in [3.63, 3.8) is 0 Å². The van der Waals surface area contributed by atoms with Gasteiger partial charge in [-0.05, 0) is 26.2 Å². The van der Waals surface area contributed by atoms with Crippen molar-refractivity contribution >= 4 is 5.91 Å². The molecule has 1 aliphatic heterocycles. The molecule has 0 radical (unpaired) electrons. The maximum Gasteiger partial charge on any atom is 0.249 e. The van der Waals surface area contributed by atoms with Gasteiger partial charge in [-0.25, -0.2) is 0 Å². The third-order valence-corrected chi connectivity index (χ3v) is 2.58. The van der Waals surface area contributed by atoms with Crippen LogP contribution in [-0.2, 0) is 4.79 Å². The van der Waals surface area contributed by atoms with Gasteiger partial charge in [-0.3, -0.25) is 4.79 Å². The van der Waals surface area contributed by atoms with E-state index in [-0.39, 0.29) is 11.9 Å². The smallest absolute Gasteiger partial charge is 0.249 e. The summed E-state index contributed by atoms with van der Waals surface area (Å²) in [6, 6.07) is 2.25. The van der Waals surface area contributed by atoms with Crippen LogP contribution in [0, 0.1) is 11.3 Å². The largest absolute Gasteiger partial charge is 0.335 e. The van der Waals surface area contributed by atoms with Crippen LogP contribution in [0.25, 0.3) is 0 Å². The van der Waals surface area contributed by atoms with Gasteiger partial charge in [0.25, 0.3) is 0 Å². The molecule has 3 nitrogen and oxygen atoms in total. The van der Waals surface area contributed by atoms with Crippen molar-refractivity contribution in [2.24, 2.45) is 0 Å². The number of likely N-dealkylation sites (tertiary alicyclic amines) is 1. The van der Waals surface area contributed by atoms with E-state index in [1.807, 2.05) is 0 Å². The van der Waals surface area contributed by atoms with Crippen LogP contribution >= 0.6 is 0 Å². The van der Waals surface area contributed by atoms with Gasteiger partial charge in [0.2, 0.25) is 5.91 Å². The third kappa shape index (κ3) is 2.35. The van der Waals surface area contributed by atoms with Crippen LogP contribution in [0.15, 0.2) is 12.2 Å². The minimum atomic E-state index is 0.00458. The number of rotatable bonds is 2. The molecule has 0 saturated carbocycles. The van der Waals surface area contributed by atoms with Crippen molar-refractivity contribution in [1.82, 2.24) is 4.90 Å². The van der Waals surface area contributed by atoms with E-state index in [1.165, 1.54) is 0 Å². The molecule has 0 aliphatic carbocycles. The minimum absolute atomic E-state index is 0.00458. The highest BCUT2D eigenvalue weighted by Crippen LogP contribution is 2.20. The molecular weight excluding hydrogens is 176 g/mol. The first-order valence-corrected chi connectivity index (χ1v) is 5.00. The molecule has 0 aromatic carbocycles. The lowest BCUT2D eigenvalue weighted by Crippen LogP contribution is -2.43. The lowest BCUT2D eigenvalue weighted by atomic mass is 9.99. The molecular formula is C11H16N2O. The molecule has 3 heteroatoms. The molecule has 0 aromatic rings. The zero-order valence-corrected chi connectivity index (χ0v) is 8.62. The summed E-state index contributed by atoms with van der Waals surface area (Å²) >= 11 is 0. The summed E-state index contributed by atoms with van der Waals surface area (Å²) in [6.07, 6.45) is 3.55. The van der Waals surface area contributed by atoms with Crippen molar-refractivity contribution < 1.29 is 4.79 Å². The van der Waals surface area contributed by atoms with Crippen LogP contribution in [0.1, 0.15) is 32.6 Å². The molecule has 0 aromatic heterocycles. The summed E-state index contributed by atoms with van der Waals surface area (Å²) in [5, 5.41) is 8.65. The first-order valence-electron chi connectivity index (χ1n) is 5.00. The van der Waals surface area contributed by atoms with E-state index in [9.17, 15) is 4.79 Å². The van der Waals surface area contributed by atoms with Crippen LogP contribution in [0.3, 0.4) is 0 Å². The summed E-state index contributed by atoms with van der Waals surface area (Å²) in [5.41, 5.74) is 0.565. The highest BCUT2D eigenvalue weighted by atomic mass is 16.2. The van der Waals surface area contributed by atoms with E-state index in [2.05, 4.69) is 12.6 Å². The second-order valence-corrected chi connectivity index (χ2v) is 3.79. The Hall–Kier alpha value is -1.30. The van der Waals surface area contributed by atoms with Crippen LogP contribution in [-0.4, -0.2) is 23.4 Å². The van der Waals surface area contributed by atoms with Crippen molar-refractivity contribution in [2.75, 3.05) is 6.54 Å². The number of hydrogen-bond acceptors (Lipinski definition) is 2. The minimum Gasteiger partial charge on any atom is -0.335 e. The highest BCUT2D eigenvalue weighted by molar-refractivity contribution is 5.92. The molecule has 1 aliphatic rings. The third-order valence-electron chi connectivity index (χ3n) is 2.58. The number of piperidine rings is 1. The molecule has 1 atom stereocenters. The second-order valence-electron chi connectivity index (χ2n) is 3.79. The lowest BCUT2D eigenvalue weighted by molar-refractivity contribution is -0.130. The first-order chi connectivity index (χ1) is 6.66. The number of carbonyl (C=O) groups excluding carboxylic acids is 1. The van der Waals surface area contributed by atoms with E-state index in [0.29, 0.717) is 12.0 Å². The number of carbonyl (C=O) groups is 1. The van der Waals surface area contributed by atoms with Gasteiger partial charge in [-0.15, -0.1) is 0 Å². The van der Waals surface area contributed by atoms with Gasteiger partial charge < -0.3 is 4.90 Å². The number of nitriles is 1. The molecule has 14 heavy (non-hydrogen) atoms. The molecule has 1 rings (SSSR count). The Balaban J connectivity index is 2.68. The Morgan fingerprint density at radius 2 is 2.36 bits per heavy atom. The molecule has 1 saturated heterocycles. The summed E-state index contributed by atoms with van der Waals surface area (Å²) in [5.74, 6) is 0.00458. The number of hydrogen-bond donors (Lipinski definition) is 0.